The summed E-state index contributed by atoms with van der Waals surface area (Å²) in [4.78, 5) is 12.6. The summed E-state index contributed by atoms with van der Waals surface area (Å²) >= 11 is 0. The molecule has 6 heteroatoms. The molecule has 0 aliphatic heterocycles. The molecule has 0 bridgehead atoms. The normalized spacial score (nSPS) is 10.9. The molecule has 1 aromatic carbocycles. The van der Waals surface area contributed by atoms with Gasteiger partial charge in [-0.2, -0.15) is 0 Å². The number of nitrogens with one attached hydrogen (secondary N) is 1. The quantitative estimate of drug-likeness (QED) is 0.451. The lowest BCUT2D eigenvalue weighted by molar-refractivity contribution is -0.386. The molecule has 0 spiro atoms. The third kappa shape index (κ3) is 5.44. The van der Waals surface area contributed by atoms with Crippen LogP contribution in [0.2, 0.25) is 0 Å². The predicted molar refractivity (Wildman–Crippen MR) is 80.5 cm³/mol. The van der Waals surface area contributed by atoms with Gasteiger partial charge in [-0.1, -0.05) is 0 Å². The highest BCUT2D eigenvalue weighted by molar-refractivity contribution is 5.58. The van der Waals surface area contributed by atoms with Crippen LogP contribution in [-0.4, -0.2) is 43.1 Å². The van der Waals surface area contributed by atoms with E-state index < -0.39 is 4.92 Å². The Kier molecular flexibility index (Phi) is 6.24. The van der Waals surface area contributed by atoms with Gasteiger partial charge in [-0.25, -0.2) is 0 Å². The summed E-state index contributed by atoms with van der Waals surface area (Å²) < 4.78 is 5.50. The SMILES string of the molecule is CC(C)Oc1cc(NCCCN(C)C)ccc1[N+](=O)[O-]. The van der Waals surface area contributed by atoms with E-state index >= 15 is 0 Å². The molecule has 0 unspecified atom stereocenters. The predicted octanol–water partition coefficient (Wildman–Crippen LogP) is 2.75. The molecule has 112 valence electrons. The highest BCUT2D eigenvalue weighted by atomic mass is 16.6. The van der Waals surface area contributed by atoms with Gasteiger partial charge in [0.15, 0.2) is 5.75 Å². The second-order valence-corrected chi connectivity index (χ2v) is 5.19. The highest BCUT2D eigenvalue weighted by Crippen LogP contribution is 2.30. The zero-order valence-corrected chi connectivity index (χ0v) is 12.5. The summed E-state index contributed by atoms with van der Waals surface area (Å²) in [5.41, 5.74) is 0.836. The van der Waals surface area contributed by atoms with Crippen molar-refractivity contribution in [2.75, 3.05) is 32.5 Å². The first-order valence-electron chi connectivity index (χ1n) is 6.74. The van der Waals surface area contributed by atoms with Crippen LogP contribution >= 0.6 is 0 Å². The molecule has 0 saturated carbocycles. The van der Waals surface area contributed by atoms with Crippen molar-refractivity contribution in [3.8, 4) is 5.75 Å². The molecular formula is C14H23N3O3. The first-order chi connectivity index (χ1) is 9.40. The zero-order chi connectivity index (χ0) is 15.1. The van der Waals surface area contributed by atoms with E-state index in [9.17, 15) is 10.1 Å². The number of nitrogens with zero attached hydrogens (tertiary/aromatic N) is 2. The van der Waals surface area contributed by atoms with Crippen LogP contribution in [-0.2, 0) is 0 Å². The molecule has 0 aromatic heterocycles. The van der Waals surface area contributed by atoms with Gasteiger partial charge < -0.3 is 15.0 Å². The summed E-state index contributed by atoms with van der Waals surface area (Å²) in [6, 6.07) is 4.88. The van der Waals surface area contributed by atoms with Crippen LogP contribution in [0.25, 0.3) is 0 Å². The van der Waals surface area contributed by atoms with Crippen LogP contribution in [0.1, 0.15) is 20.3 Å². The van der Waals surface area contributed by atoms with Crippen molar-refractivity contribution in [3.63, 3.8) is 0 Å². The molecule has 6 nitrogen and oxygen atoms in total. The molecule has 0 aliphatic carbocycles. The van der Waals surface area contributed by atoms with Crippen molar-refractivity contribution in [1.82, 2.24) is 4.90 Å². The highest BCUT2D eigenvalue weighted by Gasteiger charge is 2.16. The van der Waals surface area contributed by atoms with Crippen molar-refractivity contribution in [1.29, 1.82) is 0 Å². The van der Waals surface area contributed by atoms with Gasteiger partial charge in [0.05, 0.1) is 11.0 Å². The van der Waals surface area contributed by atoms with Gasteiger partial charge in [0, 0.05) is 24.4 Å². The van der Waals surface area contributed by atoms with Crippen molar-refractivity contribution < 1.29 is 9.66 Å². The number of benzene rings is 1. The van der Waals surface area contributed by atoms with Crippen molar-refractivity contribution in [2.45, 2.75) is 26.4 Å². The van der Waals surface area contributed by atoms with Gasteiger partial charge in [-0.05, 0) is 47.0 Å². The fourth-order valence-corrected chi connectivity index (χ4v) is 1.75. The Hall–Kier alpha value is -1.82. The molecule has 0 aliphatic rings. The topological polar surface area (TPSA) is 67.6 Å². The van der Waals surface area contributed by atoms with Crippen LogP contribution in [0.4, 0.5) is 11.4 Å². The molecule has 1 N–H and O–H groups in total. The number of nitro benzene ring substituents is 1. The zero-order valence-electron chi connectivity index (χ0n) is 12.5. The Morgan fingerprint density at radius 2 is 2.10 bits per heavy atom. The summed E-state index contributed by atoms with van der Waals surface area (Å²) in [6.45, 7) is 5.51. The average Bonchev–Trinajstić information content (AvgIpc) is 2.33. The monoisotopic (exact) mass is 281 g/mol. The van der Waals surface area contributed by atoms with Gasteiger partial charge in [-0.3, -0.25) is 10.1 Å². The molecule has 0 atom stereocenters. The minimum atomic E-state index is -0.423. The first kappa shape index (κ1) is 16.2. The minimum absolute atomic E-state index is 0.00228. The fraction of sp³-hybridized carbons (Fsp3) is 0.571. The Labute approximate surface area is 119 Å². The number of ether oxygens (including phenoxy) is 1. The van der Waals surface area contributed by atoms with Gasteiger partial charge in [0.2, 0.25) is 0 Å². The molecular weight excluding hydrogens is 258 g/mol. The number of rotatable bonds is 8. The van der Waals surface area contributed by atoms with Crippen LogP contribution < -0.4 is 10.1 Å². The maximum atomic E-state index is 10.9. The third-order valence-electron chi connectivity index (χ3n) is 2.63. The lowest BCUT2D eigenvalue weighted by Gasteiger charge is -2.13. The number of hydrogen-bond donors (Lipinski definition) is 1. The molecule has 20 heavy (non-hydrogen) atoms. The van der Waals surface area contributed by atoms with Gasteiger partial charge in [-0.15, -0.1) is 0 Å². The van der Waals surface area contributed by atoms with Crippen molar-refractivity contribution in [2.24, 2.45) is 0 Å². The second kappa shape index (κ2) is 7.69. The van der Waals surface area contributed by atoms with E-state index in [1.165, 1.54) is 6.07 Å². The molecule has 1 aromatic rings. The van der Waals surface area contributed by atoms with Gasteiger partial charge in [0.1, 0.15) is 0 Å². The summed E-state index contributed by atoms with van der Waals surface area (Å²) in [7, 11) is 4.06. The smallest absolute Gasteiger partial charge is 0.311 e. The Morgan fingerprint density at radius 3 is 2.65 bits per heavy atom. The molecule has 0 amide bonds. The average molecular weight is 281 g/mol. The molecule has 0 radical (unpaired) electrons. The van der Waals surface area contributed by atoms with E-state index in [4.69, 9.17) is 4.74 Å². The molecule has 0 fully saturated rings. The van der Waals surface area contributed by atoms with Gasteiger partial charge in [0.25, 0.3) is 0 Å². The standard InChI is InChI=1S/C14H23N3O3/c1-11(2)20-14-10-12(6-7-13(14)17(18)19)15-8-5-9-16(3)4/h6-7,10-11,15H,5,8-9H2,1-4H3. The Balaban J connectivity index is 2.71. The molecule has 0 heterocycles. The second-order valence-electron chi connectivity index (χ2n) is 5.19. The third-order valence-corrected chi connectivity index (χ3v) is 2.63. The maximum Gasteiger partial charge on any atom is 0.311 e. The Morgan fingerprint density at radius 1 is 1.40 bits per heavy atom. The largest absolute Gasteiger partial charge is 0.484 e. The van der Waals surface area contributed by atoms with Crippen LogP contribution in [0.5, 0.6) is 5.75 Å². The van der Waals surface area contributed by atoms with Crippen molar-refractivity contribution in [3.05, 3.63) is 28.3 Å². The van der Waals surface area contributed by atoms with Crippen molar-refractivity contribution >= 4 is 11.4 Å². The van der Waals surface area contributed by atoms with E-state index in [-0.39, 0.29) is 11.8 Å². The molecule has 0 saturated heterocycles. The van der Waals surface area contributed by atoms with E-state index in [0.29, 0.717) is 5.75 Å². The first-order valence-corrected chi connectivity index (χ1v) is 6.74. The number of hydrogen-bond acceptors (Lipinski definition) is 5. The van der Waals surface area contributed by atoms with E-state index in [1.807, 2.05) is 27.9 Å². The molecule has 1 rings (SSSR count). The lowest BCUT2D eigenvalue weighted by atomic mass is 10.2. The summed E-state index contributed by atoms with van der Waals surface area (Å²) in [6.07, 6.45) is 0.905. The van der Waals surface area contributed by atoms with Crippen LogP contribution in [0.3, 0.4) is 0 Å². The maximum absolute atomic E-state index is 10.9. The number of anilines is 1. The fourth-order valence-electron chi connectivity index (χ4n) is 1.75. The summed E-state index contributed by atoms with van der Waals surface area (Å²) in [5, 5.41) is 14.2. The van der Waals surface area contributed by atoms with Gasteiger partial charge >= 0.3 is 5.69 Å². The minimum Gasteiger partial charge on any atom is -0.484 e. The number of nitro groups is 1. The van der Waals surface area contributed by atoms with Crippen LogP contribution in [0, 0.1) is 10.1 Å². The van der Waals surface area contributed by atoms with E-state index in [0.717, 1.165) is 25.2 Å². The lowest BCUT2D eigenvalue weighted by Crippen LogP contribution is -2.16. The summed E-state index contributed by atoms with van der Waals surface area (Å²) in [5.74, 6) is 0.308. The van der Waals surface area contributed by atoms with E-state index in [2.05, 4.69) is 10.2 Å². The van der Waals surface area contributed by atoms with E-state index in [1.54, 1.807) is 12.1 Å². The Bertz CT molecular complexity index is 447. The van der Waals surface area contributed by atoms with Crippen LogP contribution in [0.15, 0.2) is 18.2 Å².